The summed E-state index contributed by atoms with van der Waals surface area (Å²) in [6.07, 6.45) is 6.86. The standard InChI is InChI=1S/C11H22N2/c1-2-3-9-6-10(9)13-8-11(7-12)4-5-11/h9-10,13H,2-8,12H2,1H3. The van der Waals surface area contributed by atoms with Gasteiger partial charge in [-0.3, -0.25) is 0 Å². The highest BCUT2D eigenvalue weighted by molar-refractivity contribution is 5.00. The van der Waals surface area contributed by atoms with Gasteiger partial charge in [0, 0.05) is 12.6 Å². The first-order chi connectivity index (χ1) is 6.29. The van der Waals surface area contributed by atoms with E-state index in [1.54, 1.807) is 0 Å². The monoisotopic (exact) mass is 182 g/mol. The normalized spacial score (nSPS) is 34.6. The Morgan fingerprint density at radius 3 is 2.77 bits per heavy atom. The van der Waals surface area contributed by atoms with Crippen molar-refractivity contribution in [1.82, 2.24) is 5.32 Å². The quantitative estimate of drug-likeness (QED) is 0.653. The molecule has 0 radical (unpaired) electrons. The second kappa shape index (κ2) is 3.58. The van der Waals surface area contributed by atoms with Crippen LogP contribution in [0.4, 0.5) is 0 Å². The molecule has 2 atom stereocenters. The molecule has 0 saturated heterocycles. The van der Waals surface area contributed by atoms with Crippen molar-refractivity contribution in [3.63, 3.8) is 0 Å². The van der Waals surface area contributed by atoms with Gasteiger partial charge < -0.3 is 11.1 Å². The lowest BCUT2D eigenvalue weighted by molar-refractivity contribution is 0.454. The van der Waals surface area contributed by atoms with E-state index in [9.17, 15) is 0 Å². The zero-order valence-electron chi connectivity index (χ0n) is 8.68. The molecular weight excluding hydrogens is 160 g/mol. The maximum atomic E-state index is 5.73. The lowest BCUT2D eigenvalue weighted by Crippen LogP contribution is -2.31. The van der Waals surface area contributed by atoms with Crippen LogP contribution in [0.25, 0.3) is 0 Å². The summed E-state index contributed by atoms with van der Waals surface area (Å²) in [6, 6.07) is 0.837. The average molecular weight is 182 g/mol. The highest BCUT2D eigenvalue weighted by Gasteiger charge is 2.43. The number of hydrogen-bond acceptors (Lipinski definition) is 2. The first kappa shape index (κ1) is 9.47. The van der Waals surface area contributed by atoms with Crippen LogP contribution in [0.1, 0.15) is 39.0 Å². The van der Waals surface area contributed by atoms with E-state index in [1.807, 2.05) is 0 Å². The highest BCUT2D eigenvalue weighted by Crippen LogP contribution is 2.45. The van der Waals surface area contributed by atoms with Crippen molar-refractivity contribution in [3.05, 3.63) is 0 Å². The van der Waals surface area contributed by atoms with E-state index in [-0.39, 0.29) is 0 Å². The fraction of sp³-hybridized carbons (Fsp3) is 1.00. The number of nitrogens with two attached hydrogens (primary N) is 1. The Morgan fingerprint density at radius 2 is 2.23 bits per heavy atom. The fourth-order valence-electron chi connectivity index (χ4n) is 2.16. The summed E-state index contributed by atoms with van der Waals surface area (Å²) >= 11 is 0. The largest absolute Gasteiger partial charge is 0.330 e. The fourth-order valence-corrected chi connectivity index (χ4v) is 2.16. The van der Waals surface area contributed by atoms with E-state index < -0.39 is 0 Å². The van der Waals surface area contributed by atoms with Crippen LogP contribution in [0.3, 0.4) is 0 Å². The Morgan fingerprint density at radius 1 is 1.46 bits per heavy atom. The highest BCUT2D eigenvalue weighted by atomic mass is 15.0. The molecule has 0 heterocycles. The van der Waals surface area contributed by atoms with Gasteiger partial charge in [-0.1, -0.05) is 13.3 Å². The molecule has 2 rings (SSSR count). The van der Waals surface area contributed by atoms with E-state index in [2.05, 4.69) is 12.2 Å². The molecule has 3 N–H and O–H groups in total. The molecule has 0 amide bonds. The molecular formula is C11H22N2. The maximum absolute atomic E-state index is 5.73. The van der Waals surface area contributed by atoms with Crippen molar-refractivity contribution in [1.29, 1.82) is 0 Å². The summed E-state index contributed by atoms with van der Waals surface area (Å²) in [6.45, 7) is 4.33. The second-order valence-corrected chi connectivity index (χ2v) is 4.98. The van der Waals surface area contributed by atoms with Gasteiger partial charge in [0.05, 0.1) is 0 Å². The van der Waals surface area contributed by atoms with Gasteiger partial charge in [0.15, 0.2) is 0 Å². The van der Waals surface area contributed by atoms with E-state index in [4.69, 9.17) is 5.73 Å². The van der Waals surface area contributed by atoms with Crippen molar-refractivity contribution in [2.24, 2.45) is 17.1 Å². The molecule has 2 heteroatoms. The van der Waals surface area contributed by atoms with Crippen LogP contribution in [0.15, 0.2) is 0 Å². The summed E-state index contributed by atoms with van der Waals surface area (Å²) in [4.78, 5) is 0. The van der Waals surface area contributed by atoms with Crippen molar-refractivity contribution in [2.75, 3.05) is 13.1 Å². The molecule has 0 bridgehead atoms. The summed E-state index contributed by atoms with van der Waals surface area (Å²) < 4.78 is 0. The first-order valence-corrected chi connectivity index (χ1v) is 5.73. The SMILES string of the molecule is CCCC1CC1NCC1(CN)CC1. The van der Waals surface area contributed by atoms with Gasteiger partial charge in [-0.05, 0) is 43.6 Å². The van der Waals surface area contributed by atoms with Crippen molar-refractivity contribution >= 4 is 0 Å². The van der Waals surface area contributed by atoms with Gasteiger partial charge in [-0.15, -0.1) is 0 Å². The van der Waals surface area contributed by atoms with E-state index in [0.717, 1.165) is 18.5 Å². The van der Waals surface area contributed by atoms with Gasteiger partial charge in [-0.2, -0.15) is 0 Å². The molecule has 13 heavy (non-hydrogen) atoms. The molecule has 0 spiro atoms. The van der Waals surface area contributed by atoms with Crippen LogP contribution in [-0.4, -0.2) is 19.1 Å². The van der Waals surface area contributed by atoms with E-state index in [0.29, 0.717) is 5.41 Å². The summed E-state index contributed by atoms with van der Waals surface area (Å²) in [5.41, 5.74) is 6.24. The van der Waals surface area contributed by atoms with Gasteiger partial charge in [0.2, 0.25) is 0 Å². The molecule has 0 aromatic heterocycles. The van der Waals surface area contributed by atoms with E-state index >= 15 is 0 Å². The molecule has 2 unspecified atom stereocenters. The van der Waals surface area contributed by atoms with Crippen molar-refractivity contribution in [3.8, 4) is 0 Å². The Labute approximate surface area is 81.3 Å². The summed E-state index contributed by atoms with van der Waals surface area (Å²) in [5.74, 6) is 0.985. The zero-order valence-corrected chi connectivity index (χ0v) is 8.68. The maximum Gasteiger partial charge on any atom is 0.00993 e. The molecule has 0 aromatic rings. The smallest absolute Gasteiger partial charge is 0.00993 e. The first-order valence-electron chi connectivity index (χ1n) is 5.73. The second-order valence-electron chi connectivity index (χ2n) is 4.98. The van der Waals surface area contributed by atoms with Crippen molar-refractivity contribution < 1.29 is 0 Å². The van der Waals surface area contributed by atoms with Gasteiger partial charge in [0.1, 0.15) is 0 Å². The Kier molecular flexibility index (Phi) is 2.61. The Bertz CT molecular complexity index is 175. The third-order valence-corrected chi connectivity index (χ3v) is 3.71. The molecule has 0 aromatic carbocycles. The lowest BCUT2D eigenvalue weighted by Gasteiger charge is -2.12. The predicted octanol–water partition coefficient (Wildman–Crippen LogP) is 1.50. The lowest BCUT2D eigenvalue weighted by atomic mass is 10.1. The third kappa shape index (κ3) is 2.23. The molecule has 76 valence electrons. The minimum Gasteiger partial charge on any atom is -0.330 e. The molecule has 2 aliphatic carbocycles. The molecule has 2 nitrogen and oxygen atoms in total. The molecule has 0 aliphatic heterocycles. The topological polar surface area (TPSA) is 38.0 Å². The minimum absolute atomic E-state index is 0.513. The van der Waals surface area contributed by atoms with Gasteiger partial charge >= 0.3 is 0 Å². The van der Waals surface area contributed by atoms with Crippen molar-refractivity contribution in [2.45, 2.75) is 45.1 Å². The van der Waals surface area contributed by atoms with Crippen LogP contribution in [0, 0.1) is 11.3 Å². The van der Waals surface area contributed by atoms with Gasteiger partial charge in [-0.25, -0.2) is 0 Å². The van der Waals surface area contributed by atoms with Crippen LogP contribution in [0.2, 0.25) is 0 Å². The Balaban J connectivity index is 1.60. The summed E-state index contributed by atoms with van der Waals surface area (Å²) in [7, 11) is 0. The number of rotatable bonds is 6. The number of nitrogens with one attached hydrogen (secondary N) is 1. The average Bonchev–Trinajstić information content (AvgIpc) is 2.97. The third-order valence-electron chi connectivity index (χ3n) is 3.71. The molecule has 2 saturated carbocycles. The minimum atomic E-state index is 0.513. The molecule has 2 aliphatic rings. The van der Waals surface area contributed by atoms with Crippen LogP contribution in [0.5, 0.6) is 0 Å². The molecule has 2 fully saturated rings. The van der Waals surface area contributed by atoms with E-state index in [1.165, 1.54) is 38.6 Å². The Hall–Kier alpha value is -0.0800. The number of hydrogen-bond donors (Lipinski definition) is 2. The predicted molar refractivity (Wildman–Crippen MR) is 55.5 cm³/mol. The van der Waals surface area contributed by atoms with Gasteiger partial charge in [0.25, 0.3) is 0 Å². The van der Waals surface area contributed by atoms with Crippen LogP contribution in [-0.2, 0) is 0 Å². The van der Waals surface area contributed by atoms with Crippen LogP contribution < -0.4 is 11.1 Å². The zero-order chi connectivity index (χ0) is 9.31. The van der Waals surface area contributed by atoms with Crippen LogP contribution >= 0.6 is 0 Å². The summed E-state index contributed by atoms with van der Waals surface area (Å²) in [5, 5.41) is 3.67.